The van der Waals surface area contributed by atoms with Gasteiger partial charge in [-0.25, -0.2) is 0 Å². The van der Waals surface area contributed by atoms with Crippen molar-refractivity contribution < 1.29 is 4.74 Å². The van der Waals surface area contributed by atoms with Gasteiger partial charge < -0.3 is 4.74 Å². The lowest BCUT2D eigenvalue weighted by molar-refractivity contribution is 0.399. The molecule has 0 aliphatic rings. The first-order chi connectivity index (χ1) is 5.88. The van der Waals surface area contributed by atoms with Crippen molar-refractivity contribution in [3.63, 3.8) is 0 Å². The van der Waals surface area contributed by atoms with Gasteiger partial charge in [-0.3, -0.25) is 0 Å². The molecule has 0 aliphatic heterocycles. The molecule has 0 N–H and O–H groups in total. The smallest absolute Gasteiger partial charge is 0.147 e. The van der Waals surface area contributed by atoms with Crippen LogP contribution in [0, 0.1) is 0 Å². The van der Waals surface area contributed by atoms with Crippen molar-refractivity contribution in [3.8, 4) is 5.75 Å². The minimum atomic E-state index is 0.441. The maximum atomic E-state index is 5.23. The van der Waals surface area contributed by atoms with E-state index in [1.54, 1.807) is 0 Å². The Bertz CT molecular complexity index is 310. The van der Waals surface area contributed by atoms with Crippen molar-refractivity contribution in [2.75, 3.05) is 5.52 Å². The number of alkyl halides is 1. The SMILES string of the molecule is S=C=Nc1ccccc1OCBr. The number of rotatable bonds is 3. The summed E-state index contributed by atoms with van der Waals surface area (Å²) in [5.74, 6) is 0.701. The predicted octanol–water partition coefficient (Wildman–Crippen LogP) is 3.15. The zero-order valence-electron chi connectivity index (χ0n) is 6.16. The molecular formula is C8H6BrNOS. The van der Waals surface area contributed by atoms with Gasteiger partial charge in [-0.15, -0.1) is 0 Å². The van der Waals surface area contributed by atoms with E-state index >= 15 is 0 Å². The van der Waals surface area contributed by atoms with Gasteiger partial charge in [0.2, 0.25) is 0 Å². The lowest BCUT2D eigenvalue weighted by atomic mass is 10.3. The fourth-order valence-corrected chi connectivity index (χ4v) is 1.12. The molecule has 0 radical (unpaired) electrons. The van der Waals surface area contributed by atoms with Crippen LogP contribution in [0.15, 0.2) is 29.3 Å². The average molecular weight is 244 g/mol. The standard InChI is InChI=1S/C8H6BrNOS/c9-5-11-8-4-2-1-3-7(8)10-6-12/h1-4H,5H2. The van der Waals surface area contributed by atoms with Crippen LogP contribution < -0.4 is 4.74 Å². The molecule has 0 spiro atoms. The van der Waals surface area contributed by atoms with Gasteiger partial charge in [-0.2, -0.15) is 4.99 Å². The third kappa shape index (κ3) is 2.41. The maximum absolute atomic E-state index is 5.23. The lowest BCUT2D eigenvalue weighted by Gasteiger charge is -2.02. The Morgan fingerprint density at radius 2 is 2.25 bits per heavy atom. The Balaban J connectivity index is 2.99. The molecule has 0 amide bonds. The Morgan fingerprint density at radius 1 is 1.50 bits per heavy atom. The Labute approximate surface area is 84.4 Å². The molecule has 0 saturated carbocycles. The van der Waals surface area contributed by atoms with E-state index in [0.717, 1.165) is 0 Å². The van der Waals surface area contributed by atoms with Gasteiger partial charge in [0.05, 0.1) is 5.16 Å². The quantitative estimate of drug-likeness (QED) is 0.462. The number of thiocarbonyl (C=S) groups is 1. The van der Waals surface area contributed by atoms with Crippen LogP contribution in [0.2, 0.25) is 0 Å². The summed E-state index contributed by atoms with van der Waals surface area (Å²) >= 11 is 7.65. The minimum Gasteiger partial charge on any atom is -0.480 e. The van der Waals surface area contributed by atoms with Crippen LogP contribution in [0.3, 0.4) is 0 Å². The highest BCUT2D eigenvalue weighted by Gasteiger charge is 1.98. The van der Waals surface area contributed by atoms with Gasteiger partial charge in [0, 0.05) is 0 Å². The molecule has 0 fully saturated rings. The number of isothiocyanates is 1. The predicted molar refractivity (Wildman–Crippen MR) is 55.6 cm³/mol. The maximum Gasteiger partial charge on any atom is 0.147 e. The highest BCUT2D eigenvalue weighted by molar-refractivity contribution is 9.09. The molecule has 0 bridgehead atoms. The molecule has 0 aliphatic carbocycles. The third-order valence-corrected chi connectivity index (χ3v) is 1.56. The lowest BCUT2D eigenvalue weighted by Crippen LogP contribution is -1.87. The molecular weight excluding hydrogens is 238 g/mol. The normalized spacial score (nSPS) is 8.75. The molecule has 1 aromatic rings. The second kappa shape index (κ2) is 5.04. The molecule has 1 aromatic carbocycles. The van der Waals surface area contributed by atoms with Crippen LogP contribution in [-0.4, -0.2) is 10.7 Å². The van der Waals surface area contributed by atoms with E-state index < -0.39 is 0 Å². The van der Waals surface area contributed by atoms with E-state index in [4.69, 9.17) is 4.74 Å². The molecule has 0 saturated heterocycles. The van der Waals surface area contributed by atoms with E-state index in [9.17, 15) is 0 Å². The second-order valence-corrected chi connectivity index (χ2v) is 2.56. The molecule has 2 nitrogen and oxygen atoms in total. The largest absolute Gasteiger partial charge is 0.480 e. The molecule has 0 heterocycles. The Hall–Kier alpha value is -0.700. The highest BCUT2D eigenvalue weighted by atomic mass is 79.9. The monoisotopic (exact) mass is 243 g/mol. The molecule has 0 atom stereocenters. The average Bonchev–Trinajstić information content (AvgIpc) is 2.09. The van der Waals surface area contributed by atoms with Gasteiger partial charge in [0.15, 0.2) is 0 Å². The highest BCUT2D eigenvalue weighted by Crippen LogP contribution is 2.26. The van der Waals surface area contributed by atoms with E-state index in [0.29, 0.717) is 17.0 Å². The van der Waals surface area contributed by atoms with Gasteiger partial charge in [0.25, 0.3) is 0 Å². The Kier molecular flexibility index (Phi) is 3.94. The molecule has 1 rings (SSSR count). The van der Waals surface area contributed by atoms with Crippen LogP contribution >= 0.6 is 28.1 Å². The van der Waals surface area contributed by atoms with Gasteiger partial charge >= 0.3 is 0 Å². The Morgan fingerprint density at radius 3 is 2.92 bits per heavy atom. The summed E-state index contributed by atoms with van der Waals surface area (Å²) in [5, 5.41) is 2.30. The fraction of sp³-hybridized carbons (Fsp3) is 0.125. The molecule has 0 aromatic heterocycles. The number of halogens is 1. The summed E-state index contributed by atoms with van der Waals surface area (Å²) in [4.78, 5) is 3.84. The number of hydrogen-bond acceptors (Lipinski definition) is 3. The number of nitrogens with zero attached hydrogens (tertiary/aromatic N) is 1. The zero-order chi connectivity index (χ0) is 8.81. The van der Waals surface area contributed by atoms with Gasteiger partial charge in [-0.05, 0) is 40.3 Å². The number of para-hydroxylation sites is 2. The van der Waals surface area contributed by atoms with Crippen molar-refractivity contribution in [2.45, 2.75) is 0 Å². The van der Waals surface area contributed by atoms with Crippen LogP contribution in [0.25, 0.3) is 0 Å². The summed E-state index contributed by atoms with van der Waals surface area (Å²) in [6, 6.07) is 7.39. The van der Waals surface area contributed by atoms with Crippen molar-refractivity contribution in [1.82, 2.24) is 0 Å². The van der Waals surface area contributed by atoms with Crippen LogP contribution in [-0.2, 0) is 0 Å². The van der Waals surface area contributed by atoms with Crippen LogP contribution in [0.1, 0.15) is 0 Å². The van der Waals surface area contributed by atoms with Crippen molar-refractivity contribution in [2.24, 2.45) is 4.99 Å². The number of hydrogen-bond donors (Lipinski definition) is 0. The molecule has 4 heteroatoms. The van der Waals surface area contributed by atoms with E-state index in [1.165, 1.54) is 0 Å². The van der Waals surface area contributed by atoms with E-state index in [-0.39, 0.29) is 0 Å². The molecule has 0 unspecified atom stereocenters. The zero-order valence-corrected chi connectivity index (χ0v) is 8.56. The summed E-state index contributed by atoms with van der Waals surface area (Å²) < 4.78 is 5.23. The van der Waals surface area contributed by atoms with Crippen LogP contribution in [0.5, 0.6) is 5.75 Å². The molecule has 62 valence electrons. The summed E-state index contributed by atoms with van der Waals surface area (Å²) in [7, 11) is 0. The molecule has 12 heavy (non-hydrogen) atoms. The third-order valence-electron chi connectivity index (χ3n) is 1.24. The minimum absolute atomic E-state index is 0.441. The summed E-state index contributed by atoms with van der Waals surface area (Å²) in [5.41, 5.74) is 1.14. The van der Waals surface area contributed by atoms with Gasteiger partial charge in [-0.1, -0.05) is 12.1 Å². The number of ether oxygens (including phenoxy) is 1. The first-order valence-corrected chi connectivity index (χ1v) is 4.77. The van der Waals surface area contributed by atoms with E-state index in [2.05, 4.69) is 38.3 Å². The second-order valence-electron chi connectivity index (χ2n) is 1.92. The topological polar surface area (TPSA) is 21.6 Å². The van der Waals surface area contributed by atoms with Crippen molar-refractivity contribution in [1.29, 1.82) is 0 Å². The van der Waals surface area contributed by atoms with Crippen molar-refractivity contribution >= 4 is 39.0 Å². The van der Waals surface area contributed by atoms with Crippen LogP contribution in [0.4, 0.5) is 5.69 Å². The summed E-state index contributed by atoms with van der Waals surface area (Å²) in [6.07, 6.45) is 0. The first kappa shape index (κ1) is 9.39. The van der Waals surface area contributed by atoms with E-state index in [1.807, 2.05) is 24.3 Å². The summed E-state index contributed by atoms with van der Waals surface area (Å²) in [6.45, 7) is 0. The van der Waals surface area contributed by atoms with Crippen molar-refractivity contribution in [3.05, 3.63) is 24.3 Å². The fourth-order valence-electron chi connectivity index (χ4n) is 0.780. The van der Waals surface area contributed by atoms with Gasteiger partial charge in [0.1, 0.15) is 17.0 Å². The first-order valence-electron chi connectivity index (χ1n) is 3.24. The number of benzene rings is 1. The number of aliphatic imine (C=N–C) groups is 1.